The normalized spacial score (nSPS) is 16.8. The molecular formula is C7H12F3NO4S. The Labute approximate surface area is 90.7 Å². The molecule has 0 radical (unpaired) electrons. The number of halogens is 3. The van der Waals surface area contributed by atoms with Crippen LogP contribution in [0.4, 0.5) is 13.2 Å². The van der Waals surface area contributed by atoms with Gasteiger partial charge in [0.2, 0.25) is 10.0 Å². The van der Waals surface area contributed by atoms with E-state index in [-0.39, 0.29) is 0 Å². The lowest BCUT2D eigenvalue weighted by Crippen LogP contribution is -2.43. The van der Waals surface area contributed by atoms with Crippen molar-refractivity contribution in [2.45, 2.75) is 37.7 Å². The maximum atomic E-state index is 11.9. The molecule has 0 saturated carbocycles. The van der Waals surface area contributed by atoms with Gasteiger partial charge in [0.05, 0.1) is 6.42 Å². The van der Waals surface area contributed by atoms with Crippen molar-refractivity contribution in [3.63, 3.8) is 0 Å². The molecule has 2 unspecified atom stereocenters. The summed E-state index contributed by atoms with van der Waals surface area (Å²) in [6.07, 6.45) is -5.85. The highest BCUT2D eigenvalue weighted by Gasteiger charge is 2.34. The van der Waals surface area contributed by atoms with Crippen molar-refractivity contribution in [2.24, 2.45) is 0 Å². The van der Waals surface area contributed by atoms with Crippen LogP contribution >= 0.6 is 0 Å². The largest absolute Gasteiger partial charge is 0.480 e. The van der Waals surface area contributed by atoms with E-state index in [9.17, 15) is 26.4 Å². The summed E-state index contributed by atoms with van der Waals surface area (Å²) in [5, 5.41) is 6.63. The fraction of sp³-hybridized carbons (Fsp3) is 0.857. The van der Waals surface area contributed by atoms with Crippen LogP contribution in [0, 0.1) is 0 Å². The zero-order valence-corrected chi connectivity index (χ0v) is 9.39. The van der Waals surface area contributed by atoms with Crippen LogP contribution < -0.4 is 4.72 Å². The molecular weight excluding hydrogens is 251 g/mol. The molecule has 5 nitrogen and oxygen atoms in total. The topological polar surface area (TPSA) is 83.5 Å². The van der Waals surface area contributed by atoms with E-state index in [1.165, 1.54) is 0 Å². The number of sulfonamides is 1. The van der Waals surface area contributed by atoms with Crippen LogP contribution in [0.3, 0.4) is 0 Å². The maximum absolute atomic E-state index is 11.9. The van der Waals surface area contributed by atoms with Crippen molar-refractivity contribution in [1.29, 1.82) is 0 Å². The zero-order chi connectivity index (χ0) is 13.1. The first-order valence-electron chi connectivity index (χ1n) is 4.26. The molecule has 0 aromatic rings. The number of hydrogen-bond donors (Lipinski definition) is 2. The SMILES string of the molecule is CC(CC(F)(F)F)NS(=O)(=O)C(C)C(=O)O. The van der Waals surface area contributed by atoms with E-state index >= 15 is 0 Å². The van der Waals surface area contributed by atoms with E-state index < -0.39 is 39.9 Å². The molecule has 0 fully saturated rings. The molecule has 0 amide bonds. The lowest BCUT2D eigenvalue weighted by Gasteiger charge is -2.17. The first-order chi connectivity index (χ1) is 6.96. The number of aliphatic carboxylic acids is 1. The molecule has 16 heavy (non-hydrogen) atoms. The third kappa shape index (κ3) is 5.31. The summed E-state index contributed by atoms with van der Waals surface area (Å²) in [4.78, 5) is 10.4. The number of alkyl halides is 3. The molecule has 0 spiro atoms. The average molecular weight is 263 g/mol. The number of carboxylic acids is 1. The third-order valence-electron chi connectivity index (χ3n) is 1.72. The molecule has 0 aliphatic heterocycles. The summed E-state index contributed by atoms with van der Waals surface area (Å²) in [6.45, 7) is 1.89. The maximum Gasteiger partial charge on any atom is 0.390 e. The van der Waals surface area contributed by atoms with Crippen LogP contribution in [-0.4, -0.2) is 37.0 Å². The number of nitrogens with one attached hydrogen (secondary N) is 1. The van der Waals surface area contributed by atoms with E-state index in [0.717, 1.165) is 13.8 Å². The van der Waals surface area contributed by atoms with Gasteiger partial charge >= 0.3 is 12.1 Å². The van der Waals surface area contributed by atoms with Gasteiger partial charge < -0.3 is 5.11 Å². The van der Waals surface area contributed by atoms with Crippen LogP contribution in [-0.2, 0) is 14.8 Å². The average Bonchev–Trinajstić information content (AvgIpc) is 1.97. The Hall–Kier alpha value is -0.830. The fourth-order valence-electron chi connectivity index (χ4n) is 0.904. The minimum atomic E-state index is -4.51. The molecule has 0 bridgehead atoms. The van der Waals surface area contributed by atoms with E-state index in [4.69, 9.17) is 5.11 Å². The van der Waals surface area contributed by atoms with Crippen molar-refractivity contribution < 1.29 is 31.5 Å². The van der Waals surface area contributed by atoms with E-state index in [1.54, 1.807) is 4.72 Å². The Morgan fingerprint density at radius 1 is 1.38 bits per heavy atom. The second-order valence-electron chi connectivity index (χ2n) is 3.36. The van der Waals surface area contributed by atoms with Gasteiger partial charge in [0.25, 0.3) is 0 Å². The van der Waals surface area contributed by atoms with E-state index in [2.05, 4.69) is 0 Å². The summed E-state index contributed by atoms with van der Waals surface area (Å²) in [5.41, 5.74) is 0. The predicted octanol–water partition coefficient (Wildman–Crippen LogP) is 0.720. The Kier molecular flexibility index (Phi) is 4.74. The van der Waals surface area contributed by atoms with Crippen molar-refractivity contribution in [2.75, 3.05) is 0 Å². The minimum Gasteiger partial charge on any atom is -0.480 e. The second kappa shape index (κ2) is 5.00. The van der Waals surface area contributed by atoms with Gasteiger partial charge in [-0.2, -0.15) is 13.2 Å². The summed E-state index contributed by atoms with van der Waals surface area (Å²) in [5.74, 6) is -1.62. The predicted molar refractivity (Wildman–Crippen MR) is 49.3 cm³/mol. The van der Waals surface area contributed by atoms with Crippen LogP contribution in [0.2, 0.25) is 0 Å². The molecule has 9 heteroatoms. The number of hydrogen-bond acceptors (Lipinski definition) is 3. The first-order valence-corrected chi connectivity index (χ1v) is 5.81. The Morgan fingerprint density at radius 3 is 2.12 bits per heavy atom. The molecule has 96 valence electrons. The third-order valence-corrected chi connectivity index (χ3v) is 3.58. The van der Waals surface area contributed by atoms with Crippen LogP contribution in [0.5, 0.6) is 0 Å². The summed E-state index contributed by atoms with van der Waals surface area (Å²) < 4.78 is 59.8. The standard InChI is InChI=1S/C7H12F3NO4S/c1-4(3-7(8,9)10)11-16(14,15)5(2)6(12)13/h4-5,11H,3H2,1-2H3,(H,12,13). The van der Waals surface area contributed by atoms with Crippen LogP contribution in [0.1, 0.15) is 20.3 Å². The number of carbonyl (C=O) groups is 1. The second-order valence-corrected chi connectivity index (χ2v) is 5.40. The molecule has 0 rings (SSSR count). The minimum absolute atomic E-state index is 0.880. The van der Waals surface area contributed by atoms with E-state index in [1.807, 2.05) is 0 Å². The van der Waals surface area contributed by atoms with Crippen molar-refractivity contribution in [1.82, 2.24) is 4.72 Å². The highest BCUT2D eigenvalue weighted by molar-refractivity contribution is 7.90. The Balaban J connectivity index is 4.55. The molecule has 2 N–H and O–H groups in total. The van der Waals surface area contributed by atoms with Gasteiger partial charge in [0.1, 0.15) is 0 Å². The van der Waals surface area contributed by atoms with Crippen LogP contribution in [0.15, 0.2) is 0 Å². The molecule has 0 aliphatic carbocycles. The highest BCUT2D eigenvalue weighted by Crippen LogP contribution is 2.21. The zero-order valence-electron chi connectivity index (χ0n) is 8.58. The fourth-order valence-corrected chi connectivity index (χ4v) is 2.02. The van der Waals surface area contributed by atoms with Gasteiger partial charge in [-0.05, 0) is 13.8 Å². The van der Waals surface area contributed by atoms with Gasteiger partial charge in [0, 0.05) is 6.04 Å². The van der Waals surface area contributed by atoms with Gasteiger partial charge in [-0.25, -0.2) is 13.1 Å². The van der Waals surface area contributed by atoms with Crippen LogP contribution in [0.25, 0.3) is 0 Å². The van der Waals surface area contributed by atoms with Crippen molar-refractivity contribution in [3.05, 3.63) is 0 Å². The summed E-state index contributed by atoms with van der Waals surface area (Å²) in [6, 6.07) is -1.40. The number of carboxylic acid groups (broad SMARTS) is 1. The van der Waals surface area contributed by atoms with Gasteiger partial charge in [0.15, 0.2) is 5.25 Å². The highest BCUT2D eigenvalue weighted by atomic mass is 32.2. The lowest BCUT2D eigenvalue weighted by molar-refractivity contribution is -0.138. The molecule has 2 atom stereocenters. The van der Waals surface area contributed by atoms with Gasteiger partial charge in [-0.15, -0.1) is 0 Å². The Bertz CT molecular complexity index is 351. The molecule has 0 aromatic carbocycles. The molecule has 0 heterocycles. The molecule has 0 saturated heterocycles. The number of rotatable bonds is 5. The van der Waals surface area contributed by atoms with Gasteiger partial charge in [-0.3, -0.25) is 4.79 Å². The van der Waals surface area contributed by atoms with E-state index in [0.29, 0.717) is 0 Å². The van der Waals surface area contributed by atoms with Crippen molar-refractivity contribution >= 4 is 16.0 Å². The monoisotopic (exact) mass is 263 g/mol. The molecule has 0 aromatic heterocycles. The quantitative estimate of drug-likeness (QED) is 0.765. The summed E-state index contributed by atoms with van der Waals surface area (Å²) in [7, 11) is -4.28. The smallest absolute Gasteiger partial charge is 0.390 e. The van der Waals surface area contributed by atoms with Crippen molar-refractivity contribution in [3.8, 4) is 0 Å². The van der Waals surface area contributed by atoms with Gasteiger partial charge in [-0.1, -0.05) is 0 Å². The Morgan fingerprint density at radius 2 is 1.81 bits per heavy atom. The lowest BCUT2D eigenvalue weighted by atomic mass is 10.2. The first kappa shape index (κ1) is 15.2. The summed E-state index contributed by atoms with van der Waals surface area (Å²) >= 11 is 0. The molecule has 0 aliphatic rings.